The van der Waals surface area contributed by atoms with E-state index in [1.54, 1.807) is 6.07 Å². The quantitative estimate of drug-likeness (QED) is 0.456. The van der Waals surface area contributed by atoms with Crippen LogP contribution in [0.1, 0.15) is 25.0 Å². The van der Waals surface area contributed by atoms with Crippen molar-refractivity contribution in [1.29, 1.82) is 0 Å². The molecule has 0 spiro atoms. The lowest BCUT2D eigenvalue weighted by molar-refractivity contribution is 0.0643. The predicted molar refractivity (Wildman–Crippen MR) is 91.9 cm³/mol. The van der Waals surface area contributed by atoms with Crippen LogP contribution in [-0.4, -0.2) is 18.9 Å². The van der Waals surface area contributed by atoms with Crippen molar-refractivity contribution in [2.24, 2.45) is 0 Å². The molecule has 2 aromatic carbocycles. The number of carbonyl (C=O) groups excluding carboxylic acids is 1. The van der Waals surface area contributed by atoms with Gasteiger partial charge in [-0.1, -0.05) is 30.3 Å². The average Bonchev–Trinajstić information content (AvgIpc) is 2.50. The van der Waals surface area contributed by atoms with Crippen molar-refractivity contribution in [1.82, 2.24) is 0 Å². The van der Waals surface area contributed by atoms with Crippen LogP contribution in [0.15, 0.2) is 48.5 Å². The zero-order valence-electron chi connectivity index (χ0n) is 14.1. The Hall–Kier alpha value is -2.49. The van der Waals surface area contributed by atoms with Gasteiger partial charge in [-0.05, 0) is 57.0 Å². The van der Waals surface area contributed by atoms with Crippen LogP contribution in [0.3, 0.4) is 0 Å². The Morgan fingerprint density at radius 2 is 1.87 bits per heavy atom. The Labute approximate surface area is 137 Å². The molecule has 1 unspecified atom stereocenters. The molecule has 0 aliphatic heterocycles. The van der Waals surface area contributed by atoms with Crippen molar-refractivity contribution in [3.05, 3.63) is 59.7 Å². The molecule has 1 atom stereocenters. The van der Waals surface area contributed by atoms with Crippen molar-refractivity contribution in [2.75, 3.05) is 11.4 Å². The van der Waals surface area contributed by atoms with Gasteiger partial charge in [-0.3, -0.25) is 0 Å². The SMILES string of the molecule is CCN(c1cccc(C)c1)C(C)OC(=O)Oc1ccccc1C. The van der Waals surface area contributed by atoms with Crippen LogP contribution in [0.4, 0.5) is 10.5 Å². The van der Waals surface area contributed by atoms with Gasteiger partial charge in [-0.2, -0.15) is 0 Å². The molecule has 0 aliphatic rings. The van der Waals surface area contributed by atoms with Crippen LogP contribution in [0.25, 0.3) is 0 Å². The maximum absolute atomic E-state index is 12.0. The van der Waals surface area contributed by atoms with E-state index >= 15 is 0 Å². The van der Waals surface area contributed by atoms with Crippen molar-refractivity contribution in [3.63, 3.8) is 0 Å². The molecule has 0 fully saturated rings. The van der Waals surface area contributed by atoms with Gasteiger partial charge in [-0.25, -0.2) is 4.79 Å². The lowest BCUT2D eigenvalue weighted by Crippen LogP contribution is -2.37. The summed E-state index contributed by atoms with van der Waals surface area (Å²) in [5.74, 6) is 0.517. The first-order valence-electron chi connectivity index (χ1n) is 7.78. The maximum atomic E-state index is 12.0. The first kappa shape index (κ1) is 16.9. The van der Waals surface area contributed by atoms with Crippen LogP contribution < -0.4 is 9.64 Å². The lowest BCUT2D eigenvalue weighted by atomic mass is 10.2. The second kappa shape index (κ2) is 7.68. The summed E-state index contributed by atoms with van der Waals surface area (Å²) in [6.45, 7) is 8.51. The standard InChI is InChI=1S/C19H23NO3/c1-5-20(17-11-8-9-14(2)13-17)16(4)22-19(21)23-18-12-7-6-10-15(18)3/h6-13,16H,5H2,1-4H3. The number of anilines is 1. The van der Waals surface area contributed by atoms with E-state index in [1.807, 2.05) is 69.0 Å². The molecule has 2 aromatic rings. The fraction of sp³-hybridized carbons (Fsp3) is 0.316. The summed E-state index contributed by atoms with van der Waals surface area (Å²) in [6, 6.07) is 15.5. The summed E-state index contributed by atoms with van der Waals surface area (Å²) in [6.07, 6.45) is -1.11. The first-order valence-corrected chi connectivity index (χ1v) is 7.78. The van der Waals surface area contributed by atoms with Gasteiger partial charge in [0.05, 0.1) is 0 Å². The Balaban J connectivity index is 2.03. The minimum atomic E-state index is -0.696. The normalized spacial score (nSPS) is 11.7. The molecule has 0 heterocycles. The molecule has 4 nitrogen and oxygen atoms in total. The number of nitrogens with zero attached hydrogens (tertiary/aromatic N) is 1. The molecule has 0 amide bonds. The van der Waals surface area contributed by atoms with E-state index in [1.165, 1.54) is 0 Å². The number of rotatable bonds is 5. The minimum Gasteiger partial charge on any atom is -0.410 e. The third kappa shape index (κ3) is 4.49. The molecule has 4 heteroatoms. The van der Waals surface area contributed by atoms with Crippen molar-refractivity contribution in [2.45, 2.75) is 33.9 Å². The highest BCUT2D eigenvalue weighted by atomic mass is 16.7. The Kier molecular flexibility index (Phi) is 5.63. The molecule has 23 heavy (non-hydrogen) atoms. The number of para-hydroxylation sites is 1. The second-order valence-electron chi connectivity index (χ2n) is 5.46. The van der Waals surface area contributed by atoms with Crippen molar-refractivity contribution < 1.29 is 14.3 Å². The largest absolute Gasteiger partial charge is 0.515 e. The van der Waals surface area contributed by atoms with Crippen LogP contribution in [0, 0.1) is 13.8 Å². The van der Waals surface area contributed by atoms with E-state index in [4.69, 9.17) is 9.47 Å². The Morgan fingerprint density at radius 3 is 2.52 bits per heavy atom. The van der Waals surface area contributed by atoms with Gasteiger partial charge in [0.15, 0.2) is 6.23 Å². The summed E-state index contributed by atoms with van der Waals surface area (Å²) in [7, 11) is 0. The van der Waals surface area contributed by atoms with Crippen LogP contribution >= 0.6 is 0 Å². The van der Waals surface area contributed by atoms with Gasteiger partial charge in [0, 0.05) is 12.2 Å². The third-order valence-corrected chi connectivity index (χ3v) is 3.67. The topological polar surface area (TPSA) is 38.8 Å². The lowest BCUT2D eigenvalue weighted by Gasteiger charge is -2.29. The molecule has 0 saturated carbocycles. The maximum Gasteiger partial charge on any atom is 0.515 e. The van der Waals surface area contributed by atoms with E-state index in [0.29, 0.717) is 5.75 Å². The fourth-order valence-electron chi connectivity index (χ4n) is 2.44. The summed E-state index contributed by atoms with van der Waals surface area (Å²) < 4.78 is 10.7. The van der Waals surface area contributed by atoms with Crippen molar-refractivity contribution >= 4 is 11.8 Å². The summed E-state index contributed by atoms with van der Waals surface area (Å²) in [4.78, 5) is 14.0. The number of hydrogen-bond acceptors (Lipinski definition) is 4. The zero-order chi connectivity index (χ0) is 16.8. The molecule has 122 valence electrons. The van der Waals surface area contributed by atoms with Gasteiger partial charge in [0.25, 0.3) is 0 Å². The van der Waals surface area contributed by atoms with E-state index in [9.17, 15) is 4.79 Å². The van der Waals surface area contributed by atoms with E-state index in [2.05, 4.69) is 6.07 Å². The number of carbonyl (C=O) groups is 1. The summed E-state index contributed by atoms with van der Waals surface area (Å²) in [5, 5.41) is 0. The minimum absolute atomic E-state index is 0.418. The number of aryl methyl sites for hydroxylation is 2. The molecule has 0 saturated heterocycles. The van der Waals surface area contributed by atoms with Crippen LogP contribution in [0.2, 0.25) is 0 Å². The van der Waals surface area contributed by atoms with Gasteiger partial charge in [-0.15, -0.1) is 0 Å². The zero-order valence-corrected chi connectivity index (χ0v) is 14.1. The van der Waals surface area contributed by atoms with Crippen LogP contribution in [0.5, 0.6) is 5.75 Å². The molecule has 2 rings (SSSR count). The molecule has 0 N–H and O–H groups in total. The molecule has 0 aromatic heterocycles. The highest BCUT2D eigenvalue weighted by Gasteiger charge is 2.19. The van der Waals surface area contributed by atoms with Crippen molar-refractivity contribution in [3.8, 4) is 5.75 Å². The third-order valence-electron chi connectivity index (χ3n) is 3.67. The number of ether oxygens (including phenoxy) is 2. The molecule has 0 bridgehead atoms. The highest BCUT2D eigenvalue weighted by molar-refractivity contribution is 5.65. The Morgan fingerprint density at radius 1 is 1.13 bits per heavy atom. The predicted octanol–water partition coefficient (Wildman–Crippen LogP) is 4.69. The Bertz CT molecular complexity index is 669. The smallest absolute Gasteiger partial charge is 0.410 e. The van der Waals surface area contributed by atoms with Gasteiger partial charge >= 0.3 is 6.16 Å². The first-order chi connectivity index (χ1) is 11.0. The van der Waals surface area contributed by atoms with Crippen LogP contribution in [-0.2, 0) is 4.74 Å². The average molecular weight is 313 g/mol. The van der Waals surface area contributed by atoms with Gasteiger partial charge < -0.3 is 14.4 Å². The molecular weight excluding hydrogens is 290 g/mol. The molecular formula is C19H23NO3. The number of benzene rings is 2. The highest BCUT2D eigenvalue weighted by Crippen LogP contribution is 2.20. The van der Waals surface area contributed by atoms with E-state index in [-0.39, 0.29) is 0 Å². The molecule has 0 radical (unpaired) electrons. The van der Waals surface area contributed by atoms with Gasteiger partial charge in [0.2, 0.25) is 0 Å². The van der Waals surface area contributed by atoms with E-state index in [0.717, 1.165) is 23.4 Å². The fourth-order valence-corrected chi connectivity index (χ4v) is 2.44. The second-order valence-corrected chi connectivity index (χ2v) is 5.46. The summed E-state index contributed by atoms with van der Waals surface area (Å²) >= 11 is 0. The number of hydrogen-bond donors (Lipinski definition) is 0. The summed E-state index contributed by atoms with van der Waals surface area (Å²) in [5.41, 5.74) is 3.07. The molecule has 0 aliphatic carbocycles. The van der Waals surface area contributed by atoms with Gasteiger partial charge in [0.1, 0.15) is 5.75 Å². The van der Waals surface area contributed by atoms with E-state index < -0.39 is 12.4 Å². The monoisotopic (exact) mass is 313 g/mol.